The molecule has 0 saturated heterocycles. The van der Waals surface area contributed by atoms with E-state index in [2.05, 4.69) is 15.8 Å². The van der Waals surface area contributed by atoms with Gasteiger partial charge < -0.3 is 24.3 Å². The molecule has 0 saturated carbocycles. The number of hydrogen-bond donors (Lipinski definition) is 2. The van der Waals surface area contributed by atoms with Crippen LogP contribution in [-0.4, -0.2) is 45.3 Å². The quantitative estimate of drug-likeness (QED) is 0.116. The van der Waals surface area contributed by atoms with Crippen LogP contribution in [0.15, 0.2) is 90.0 Å². The van der Waals surface area contributed by atoms with Crippen LogP contribution >= 0.6 is 0 Å². The minimum absolute atomic E-state index is 0.258. The predicted molar refractivity (Wildman–Crippen MR) is 158 cm³/mol. The van der Waals surface area contributed by atoms with Crippen LogP contribution in [0.2, 0.25) is 0 Å². The standard InChI is InChI=1S/C32H29N3O7/c1-20-9-7-12-22(15-20)32(38)42-26-14-6-5-10-23(26)19-33-35-31(37)21-11-8-13-25(16-21)34-30(36)24-17-27(39-2)29(41-4)28(18-24)40-3/h5-19H,1-4H3,(H,34,36)(H,35,37). The van der Waals surface area contributed by atoms with E-state index in [1.54, 1.807) is 60.7 Å². The van der Waals surface area contributed by atoms with Gasteiger partial charge in [0, 0.05) is 22.4 Å². The summed E-state index contributed by atoms with van der Waals surface area (Å²) in [6.07, 6.45) is 1.38. The first-order valence-corrected chi connectivity index (χ1v) is 12.8. The van der Waals surface area contributed by atoms with Gasteiger partial charge in [0.25, 0.3) is 11.8 Å². The number of nitrogens with one attached hydrogen (secondary N) is 2. The average molecular weight is 568 g/mol. The highest BCUT2D eigenvalue weighted by molar-refractivity contribution is 6.06. The summed E-state index contributed by atoms with van der Waals surface area (Å²) in [5.41, 5.74) is 5.22. The summed E-state index contributed by atoms with van der Waals surface area (Å²) in [6.45, 7) is 1.89. The van der Waals surface area contributed by atoms with E-state index in [-0.39, 0.29) is 11.1 Å². The molecule has 10 heteroatoms. The fraction of sp³-hybridized carbons (Fsp3) is 0.125. The monoisotopic (exact) mass is 567 g/mol. The summed E-state index contributed by atoms with van der Waals surface area (Å²) in [4.78, 5) is 38.3. The Labute approximate surface area is 242 Å². The second kappa shape index (κ2) is 13.6. The van der Waals surface area contributed by atoms with Crippen LogP contribution in [0.5, 0.6) is 23.0 Å². The molecule has 0 heterocycles. The van der Waals surface area contributed by atoms with E-state index in [4.69, 9.17) is 18.9 Å². The first-order chi connectivity index (χ1) is 20.3. The number of nitrogens with zero attached hydrogens (tertiary/aromatic N) is 1. The lowest BCUT2D eigenvalue weighted by Crippen LogP contribution is -2.18. The van der Waals surface area contributed by atoms with Crippen LogP contribution in [0.1, 0.15) is 42.2 Å². The number of ether oxygens (including phenoxy) is 4. The first kappa shape index (κ1) is 29.3. The zero-order chi connectivity index (χ0) is 30.1. The Hall–Kier alpha value is -5.64. The number of amides is 2. The summed E-state index contributed by atoms with van der Waals surface area (Å²) in [6, 6.07) is 23.3. The van der Waals surface area contributed by atoms with E-state index in [1.807, 2.05) is 13.0 Å². The summed E-state index contributed by atoms with van der Waals surface area (Å²) in [5.74, 6) is -0.139. The predicted octanol–water partition coefficient (Wildman–Crippen LogP) is 5.26. The Morgan fingerprint density at radius 3 is 2.07 bits per heavy atom. The summed E-state index contributed by atoms with van der Waals surface area (Å²) in [7, 11) is 4.39. The molecular formula is C32H29N3O7. The summed E-state index contributed by atoms with van der Waals surface area (Å²) < 4.78 is 21.5. The normalized spacial score (nSPS) is 10.6. The molecule has 42 heavy (non-hydrogen) atoms. The number of carbonyl (C=O) groups is 3. The van der Waals surface area contributed by atoms with Crippen molar-refractivity contribution >= 4 is 29.7 Å². The molecule has 0 aliphatic rings. The second-order valence-electron chi connectivity index (χ2n) is 8.94. The Morgan fingerprint density at radius 1 is 0.690 bits per heavy atom. The van der Waals surface area contributed by atoms with E-state index in [1.165, 1.54) is 45.7 Å². The van der Waals surface area contributed by atoms with Crippen LogP contribution in [0, 0.1) is 6.92 Å². The van der Waals surface area contributed by atoms with Gasteiger partial charge in [-0.25, -0.2) is 10.2 Å². The Morgan fingerprint density at radius 2 is 1.38 bits per heavy atom. The molecule has 0 fully saturated rings. The van der Waals surface area contributed by atoms with Crippen molar-refractivity contribution in [2.24, 2.45) is 5.10 Å². The Kier molecular flexibility index (Phi) is 9.52. The highest BCUT2D eigenvalue weighted by Crippen LogP contribution is 2.38. The van der Waals surface area contributed by atoms with E-state index in [0.29, 0.717) is 39.8 Å². The van der Waals surface area contributed by atoms with Gasteiger partial charge in [0.2, 0.25) is 5.75 Å². The SMILES string of the molecule is COc1cc(C(=O)Nc2cccc(C(=O)NN=Cc3ccccc3OC(=O)c3cccc(C)c3)c2)cc(OC)c1OC. The third-order valence-corrected chi connectivity index (χ3v) is 6.05. The molecule has 0 aromatic heterocycles. The van der Waals surface area contributed by atoms with Gasteiger partial charge in [0.05, 0.1) is 33.1 Å². The van der Waals surface area contributed by atoms with Crippen molar-refractivity contribution in [3.63, 3.8) is 0 Å². The number of methoxy groups -OCH3 is 3. The first-order valence-electron chi connectivity index (χ1n) is 12.8. The van der Waals surface area contributed by atoms with Crippen LogP contribution in [0.3, 0.4) is 0 Å². The van der Waals surface area contributed by atoms with Crippen molar-refractivity contribution in [3.8, 4) is 23.0 Å². The third kappa shape index (κ3) is 7.11. The lowest BCUT2D eigenvalue weighted by atomic mass is 10.1. The van der Waals surface area contributed by atoms with Gasteiger partial charge in [0.15, 0.2) is 11.5 Å². The lowest BCUT2D eigenvalue weighted by Gasteiger charge is -2.14. The highest BCUT2D eigenvalue weighted by atomic mass is 16.5. The molecule has 4 aromatic rings. The van der Waals surface area contributed by atoms with E-state index >= 15 is 0 Å². The van der Waals surface area contributed by atoms with E-state index < -0.39 is 17.8 Å². The molecule has 2 amide bonds. The Bertz CT molecular complexity index is 1620. The molecule has 0 spiro atoms. The number of aryl methyl sites for hydroxylation is 1. The van der Waals surface area contributed by atoms with Gasteiger partial charge >= 0.3 is 5.97 Å². The van der Waals surface area contributed by atoms with Crippen molar-refractivity contribution in [1.29, 1.82) is 0 Å². The number of hydrogen-bond acceptors (Lipinski definition) is 8. The van der Waals surface area contributed by atoms with Crippen molar-refractivity contribution in [1.82, 2.24) is 5.43 Å². The number of anilines is 1. The topological polar surface area (TPSA) is 125 Å². The van der Waals surface area contributed by atoms with Gasteiger partial charge in [-0.2, -0.15) is 5.10 Å². The smallest absolute Gasteiger partial charge is 0.343 e. The van der Waals surface area contributed by atoms with Crippen molar-refractivity contribution < 1.29 is 33.3 Å². The van der Waals surface area contributed by atoms with Crippen molar-refractivity contribution in [2.75, 3.05) is 26.6 Å². The number of rotatable bonds is 10. The van der Waals surface area contributed by atoms with Gasteiger partial charge in [-0.3, -0.25) is 9.59 Å². The molecule has 0 atom stereocenters. The van der Waals surface area contributed by atoms with Crippen LogP contribution in [-0.2, 0) is 0 Å². The van der Waals surface area contributed by atoms with Gasteiger partial charge in [-0.1, -0.05) is 35.9 Å². The maximum atomic E-state index is 13.0. The molecular weight excluding hydrogens is 538 g/mol. The summed E-state index contributed by atoms with van der Waals surface area (Å²) >= 11 is 0. The van der Waals surface area contributed by atoms with Crippen LogP contribution < -0.4 is 29.7 Å². The molecule has 214 valence electrons. The van der Waals surface area contributed by atoms with E-state index in [0.717, 1.165) is 5.56 Å². The fourth-order valence-corrected chi connectivity index (χ4v) is 3.99. The van der Waals surface area contributed by atoms with Gasteiger partial charge in [-0.05, 0) is 61.5 Å². The minimum Gasteiger partial charge on any atom is -0.493 e. The molecule has 0 aliphatic heterocycles. The molecule has 10 nitrogen and oxygen atoms in total. The zero-order valence-electron chi connectivity index (χ0n) is 23.5. The van der Waals surface area contributed by atoms with E-state index in [9.17, 15) is 14.4 Å². The largest absolute Gasteiger partial charge is 0.493 e. The van der Waals surface area contributed by atoms with Crippen LogP contribution in [0.4, 0.5) is 5.69 Å². The van der Waals surface area contributed by atoms with Crippen LogP contribution in [0.25, 0.3) is 0 Å². The molecule has 4 aromatic carbocycles. The molecule has 2 N–H and O–H groups in total. The highest BCUT2D eigenvalue weighted by Gasteiger charge is 2.18. The number of hydrazone groups is 1. The molecule has 4 rings (SSSR count). The number of carbonyl (C=O) groups excluding carboxylic acids is 3. The zero-order valence-corrected chi connectivity index (χ0v) is 23.5. The average Bonchev–Trinajstić information content (AvgIpc) is 3.01. The third-order valence-electron chi connectivity index (χ3n) is 6.05. The maximum Gasteiger partial charge on any atom is 0.343 e. The Balaban J connectivity index is 1.43. The number of para-hydroxylation sites is 1. The number of benzene rings is 4. The number of esters is 1. The molecule has 0 unspecified atom stereocenters. The molecule has 0 bridgehead atoms. The second-order valence-corrected chi connectivity index (χ2v) is 8.94. The van der Waals surface area contributed by atoms with Gasteiger partial charge in [0.1, 0.15) is 5.75 Å². The lowest BCUT2D eigenvalue weighted by molar-refractivity contribution is 0.0733. The van der Waals surface area contributed by atoms with Crippen molar-refractivity contribution in [2.45, 2.75) is 6.92 Å². The van der Waals surface area contributed by atoms with Crippen molar-refractivity contribution in [3.05, 3.63) is 113 Å². The maximum absolute atomic E-state index is 13.0. The minimum atomic E-state index is -0.510. The fourth-order valence-electron chi connectivity index (χ4n) is 3.99. The van der Waals surface area contributed by atoms with Gasteiger partial charge in [-0.15, -0.1) is 0 Å². The molecule has 0 radical (unpaired) electrons. The summed E-state index contributed by atoms with van der Waals surface area (Å²) in [5, 5.41) is 6.78. The molecule has 0 aliphatic carbocycles.